The van der Waals surface area contributed by atoms with E-state index in [1.807, 2.05) is 0 Å². The molecular formula is C31H50O4Si. The van der Waals surface area contributed by atoms with E-state index >= 15 is 0 Å². The van der Waals surface area contributed by atoms with E-state index in [1.165, 1.54) is 37.5 Å². The van der Waals surface area contributed by atoms with Gasteiger partial charge in [0, 0.05) is 18.8 Å². The first-order valence-electron chi connectivity index (χ1n) is 14.1. The van der Waals surface area contributed by atoms with Gasteiger partial charge in [0.2, 0.25) is 0 Å². The highest BCUT2D eigenvalue weighted by Crippen LogP contribution is 2.46. The van der Waals surface area contributed by atoms with Crippen molar-refractivity contribution in [3.8, 4) is 0 Å². The van der Waals surface area contributed by atoms with E-state index in [4.69, 9.17) is 0 Å². The lowest BCUT2D eigenvalue weighted by Crippen LogP contribution is -2.39. The summed E-state index contributed by atoms with van der Waals surface area (Å²) in [5, 5.41) is -0.0469. The standard InChI is InChI=1S/C31H50O4Si/c1-7-8-11-14-26(23-31(2,3)36(5,6)34)24-17-19-25(20-18-24)27-21-22-29(32)28(27)15-12-9-10-13-16-30(33)35-4/h9,12,17-20,26-28,34H,7-8,10-11,13-16,21-23H2,1-6H3/b12-9-/t26?,27?,28-/m1/s1. The number of Topliss-reactive ketones (excluding diaryl/α,β-unsaturated/α-hetero) is 1. The fraction of sp³-hybridized carbons (Fsp3) is 0.677. The van der Waals surface area contributed by atoms with Crippen molar-refractivity contribution in [1.82, 2.24) is 0 Å². The first-order chi connectivity index (χ1) is 17.0. The number of rotatable bonds is 15. The van der Waals surface area contributed by atoms with Gasteiger partial charge in [-0.25, -0.2) is 0 Å². The van der Waals surface area contributed by atoms with Crippen molar-refractivity contribution in [1.29, 1.82) is 0 Å². The van der Waals surface area contributed by atoms with Crippen LogP contribution < -0.4 is 0 Å². The molecule has 0 aliphatic heterocycles. The third-order valence-electron chi connectivity index (χ3n) is 8.54. The minimum absolute atomic E-state index is 0.0469. The second-order valence-corrected chi connectivity index (χ2v) is 16.4. The molecule has 5 heteroatoms. The minimum Gasteiger partial charge on any atom is -0.469 e. The van der Waals surface area contributed by atoms with Crippen molar-refractivity contribution < 1.29 is 19.1 Å². The molecule has 0 aromatic heterocycles. The summed E-state index contributed by atoms with van der Waals surface area (Å²) in [7, 11) is -0.855. The summed E-state index contributed by atoms with van der Waals surface area (Å²) in [6.07, 6.45) is 14.5. The Bertz CT molecular complexity index is 850. The first kappa shape index (κ1) is 30.5. The van der Waals surface area contributed by atoms with Gasteiger partial charge in [0.15, 0.2) is 8.32 Å². The van der Waals surface area contributed by atoms with Crippen molar-refractivity contribution in [3.63, 3.8) is 0 Å². The third-order valence-corrected chi connectivity index (χ3v) is 12.1. The van der Waals surface area contributed by atoms with Crippen LogP contribution in [0, 0.1) is 5.92 Å². The second kappa shape index (κ2) is 14.3. The van der Waals surface area contributed by atoms with Crippen LogP contribution in [0.1, 0.15) is 114 Å². The van der Waals surface area contributed by atoms with Crippen LogP contribution >= 0.6 is 0 Å². The SMILES string of the molecule is CCCCCC(CC(C)(C)[Si](C)(C)O)c1ccc(C2CCC(=O)[C@@H]2C/C=C\CCCC(=O)OC)cc1. The Labute approximate surface area is 221 Å². The molecule has 1 aromatic carbocycles. The topological polar surface area (TPSA) is 63.6 Å². The zero-order valence-electron chi connectivity index (χ0n) is 23.6. The van der Waals surface area contributed by atoms with E-state index < -0.39 is 8.32 Å². The predicted molar refractivity (Wildman–Crippen MR) is 152 cm³/mol. The average Bonchev–Trinajstić information content (AvgIpc) is 3.20. The van der Waals surface area contributed by atoms with Gasteiger partial charge >= 0.3 is 5.97 Å². The summed E-state index contributed by atoms with van der Waals surface area (Å²) in [5.74, 6) is 0.987. The fourth-order valence-corrected chi connectivity index (χ4v) is 6.08. The molecule has 0 saturated heterocycles. The number of unbranched alkanes of at least 4 members (excludes halogenated alkanes) is 3. The van der Waals surface area contributed by atoms with Gasteiger partial charge in [0.05, 0.1) is 7.11 Å². The van der Waals surface area contributed by atoms with Gasteiger partial charge in [-0.05, 0) is 79.6 Å². The van der Waals surface area contributed by atoms with Crippen LogP contribution in [0.15, 0.2) is 36.4 Å². The van der Waals surface area contributed by atoms with Crippen LogP contribution in [-0.4, -0.2) is 32.0 Å². The fourth-order valence-electron chi connectivity index (χ4n) is 5.34. The van der Waals surface area contributed by atoms with Gasteiger partial charge in [-0.1, -0.05) is 76.5 Å². The quantitative estimate of drug-likeness (QED) is 0.111. The number of esters is 1. The minimum atomic E-state index is -2.27. The number of ketones is 1. The van der Waals surface area contributed by atoms with Crippen LogP contribution in [0.4, 0.5) is 0 Å². The molecule has 0 heterocycles. The first-order valence-corrected chi connectivity index (χ1v) is 17.0. The lowest BCUT2D eigenvalue weighted by atomic mass is 9.82. The van der Waals surface area contributed by atoms with Crippen molar-refractivity contribution in [2.75, 3.05) is 7.11 Å². The molecule has 3 atom stereocenters. The lowest BCUT2D eigenvalue weighted by molar-refractivity contribution is -0.140. The largest absolute Gasteiger partial charge is 0.469 e. The molecule has 1 aromatic rings. The lowest BCUT2D eigenvalue weighted by Gasteiger charge is -2.38. The van der Waals surface area contributed by atoms with Gasteiger partial charge in [-0.15, -0.1) is 0 Å². The molecule has 36 heavy (non-hydrogen) atoms. The molecular weight excluding hydrogens is 464 g/mol. The maximum absolute atomic E-state index is 12.7. The van der Waals surface area contributed by atoms with Gasteiger partial charge in [0.25, 0.3) is 0 Å². The van der Waals surface area contributed by atoms with Gasteiger partial charge in [-0.2, -0.15) is 0 Å². The number of ether oxygens (including phenoxy) is 1. The molecule has 1 aliphatic carbocycles. The highest BCUT2D eigenvalue weighted by molar-refractivity contribution is 6.72. The monoisotopic (exact) mass is 514 g/mol. The highest BCUT2D eigenvalue weighted by Gasteiger charge is 2.40. The van der Waals surface area contributed by atoms with Crippen molar-refractivity contribution >= 4 is 20.1 Å². The zero-order chi connectivity index (χ0) is 26.8. The maximum atomic E-state index is 12.7. The molecule has 1 N–H and O–H groups in total. The predicted octanol–water partition coefficient (Wildman–Crippen LogP) is 8.07. The molecule has 4 nitrogen and oxygen atoms in total. The molecule has 1 saturated carbocycles. The summed E-state index contributed by atoms with van der Waals surface area (Å²) in [5.41, 5.74) is 2.64. The number of carbonyl (C=O) groups excluding carboxylic acids is 2. The van der Waals surface area contributed by atoms with Crippen molar-refractivity contribution in [2.45, 2.75) is 121 Å². The van der Waals surface area contributed by atoms with E-state index in [0.29, 0.717) is 24.5 Å². The zero-order valence-corrected chi connectivity index (χ0v) is 24.6. The number of hydrogen-bond donors (Lipinski definition) is 1. The van der Waals surface area contributed by atoms with Crippen LogP contribution in [-0.2, 0) is 14.3 Å². The van der Waals surface area contributed by atoms with E-state index in [1.54, 1.807) is 0 Å². The Morgan fingerprint density at radius 1 is 1.17 bits per heavy atom. The molecule has 0 radical (unpaired) electrons. The number of hydrogen-bond acceptors (Lipinski definition) is 4. The smallest absolute Gasteiger partial charge is 0.305 e. The summed E-state index contributed by atoms with van der Waals surface area (Å²) >= 11 is 0. The number of carbonyl (C=O) groups is 2. The maximum Gasteiger partial charge on any atom is 0.305 e. The van der Waals surface area contributed by atoms with Gasteiger partial charge in [-0.3, -0.25) is 9.59 Å². The highest BCUT2D eigenvalue weighted by atomic mass is 28.4. The molecule has 0 amide bonds. The van der Waals surface area contributed by atoms with Crippen molar-refractivity contribution in [3.05, 3.63) is 47.5 Å². The Hall–Kier alpha value is -1.72. The normalized spacial score (nSPS) is 19.7. The Morgan fingerprint density at radius 3 is 2.47 bits per heavy atom. The number of benzene rings is 1. The summed E-state index contributed by atoms with van der Waals surface area (Å²) < 4.78 is 4.68. The van der Waals surface area contributed by atoms with Crippen molar-refractivity contribution in [2.24, 2.45) is 5.92 Å². The second-order valence-electron chi connectivity index (χ2n) is 11.9. The molecule has 202 valence electrons. The van der Waals surface area contributed by atoms with Gasteiger partial charge < -0.3 is 9.53 Å². The summed E-state index contributed by atoms with van der Waals surface area (Å²) in [6, 6.07) is 9.09. The molecule has 1 fully saturated rings. The molecule has 2 rings (SSSR count). The van der Waals surface area contributed by atoms with E-state index in [0.717, 1.165) is 38.5 Å². The van der Waals surface area contributed by atoms with Crippen LogP contribution in [0.2, 0.25) is 18.1 Å². The van der Waals surface area contributed by atoms with Gasteiger partial charge in [0.1, 0.15) is 5.78 Å². The Morgan fingerprint density at radius 2 is 1.86 bits per heavy atom. The Kier molecular flexibility index (Phi) is 12.1. The average molecular weight is 515 g/mol. The third kappa shape index (κ3) is 8.99. The molecule has 0 bridgehead atoms. The summed E-state index contributed by atoms with van der Waals surface area (Å²) in [6.45, 7) is 10.8. The molecule has 2 unspecified atom stereocenters. The number of allylic oxidation sites excluding steroid dienone is 2. The van der Waals surface area contributed by atoms with E-state index in [-0.39, 0.29) is 22.8 Å². The van der Waals surface area contributed by atoms with Crippen LogP contribution in [0.3, 0.4) is 0 Å². The van der Waals surface area contributed by atoms with E-state index in [2.05, 4.69) is 75.0 Å². The summed E-state index contributed by atoms with van der Waals surface area (Å²) in [4.78, 5) is 34.8. The van der Waals surface area contributed by atoms with Crippen LogP contribution in [0.25, 0.3) is 0 Å². The Balaban J connectivity index is 2.07. The number of methoxy groups -OCH3 is 1. The van der Waals surface area contributed by atoms with E-state index in [9.17, 15) is 14.4 Å². The van der Waals surface area contributed by atoms with Crippen LogP contribution in [0.5, 0.6) is 0 Å². The molecule has 1 aliphatic rings. The molecule has 0 spiro atoms.